The zero-order chi connectivity index (χ0) is 22.8. The molecule has 1 aromatic carbocycles. The highest BCUT2D eigenvalue weighted by Gasteiger charge is 2.37. The first kappa shape index (κ1) is 20.7. The molecule has 0 spiro atoms. The van der Waals surface area contributed by atoms with Crippen LogP contribution in [0.3, 0.4) is 0 Å². The van der Waals surface area contributed by atoms with Gasteiger partial charge in [-0.05, 0) is 48.0 Å². The lowest BCUT2D eigenvalue weighted by molar-refractivity contribution is -0.114. The lowest BCUT2D eigenvalue weighted by Gasteiger charge is -2.24. The second-order valence-electron chi connectivity index (χ2n) is 7.54. The van der Waals surface area contributed by atoms with Gasteiger partial charge in [-0.3, -0.25) is 19.8 Å². The van der Waals surface area contributed by atoms with Crippen molar-refractivity contribution in [3.05, 3.63) is 95.3 Å². The van der Waals surface area contributed by atoms with Gasteiger partial charge in [-0.2, -0.15) is 0 Å². The van der Waals surface area contributed by atoms with Crippen molar-refractivity contribution in [2.24, 2.45) is 4.99 Å². The molecule has 0 fully saturated rings. The largest absolute Gasteiger partial charge is 0.375 e. The number of nitrogen functional groups attached to an aromatic ring is 1. The van der Waals surface area contributed by atoms with Crippen LogP contribution in [0.4, 0.5) is 10.8 Å². The van der Waals surface area contributed by atoms with Gasteiger partial charge in [-0.25, -0.2) is 4.98 Å². The molecule has 1 atom stereocenters. The highest BCUT2D eigenvalue weighted by atomic mass is 32.1. The molecule has 0 saturated heterocycles. The van der Waals surface area contributed by atoms with E-state index in [9.17, 15) is 4.79 Å². The number of thiazole rings is 1. The van der Waals surface area contributed by atoms with Crippen LogP contribution in [0.5, 0.6) is 0 Å². The van der Waals surface area contributed by atoms with Crippen LogP contribution in [-0.4, -0.2) is 27.1 Å². The van der Waals surface area contributed by atoms with Crippen molar-refractivity contribution in [3.63, 3.8) is 0 Å². The van der Waals surface area contributed by atoms with Crippen molar-refractivity contribution in [1.29, 1.82) is 0 Å². The minimum absolute atomic E-state index is 0.118. The third kappa shape index (κ3) is 3.92. The number of nitrogens with zero attached hydrogens (tertiary/aromatic N) is 4. The molecule has 7 nitrogen and oxygen atoms in total. The zero-order valence-corrected chi connectivity index (χ0v) is 18.6. The van der Waals surface area contributed by atoms with Crippen LogP contribution in [0.25, 0.3) is 17.0 Å². The first-order valence-corrected chi connectivity index (χ1v) is 11.1. The maximum Gasteiger partial charge on any atom is 0.221 e. The Morgan fingerprint density at radius 3 is 2.42 bits per heavy atom. The van der Waals surface area contributed by atoms with Gasteiger partial charge >= 0.3 is 0 Å². The van der Waals surface area contributed by atoms with Crippen molar-refractivity contribution in [1.82, 2.24) is 15.0 Å². The molecule has 8 heteroatoms. The van der Waals surface area contributed by atoms with E-state index in [1.54, 1.807) is 12.4 Å². The van der Waals surface area contributed by atoms with Crippen molar-refractivity contribution in [2.75, 3.05) is 11.1 Å². The number of benzene rings is 1. The molecule has 5 rings (SSSR count). The number of carbonyl (C=O) groups is 1. The Morgan fingerprint density at radius 2 is 1.76 bits per heavy atom. The summed E-state index contributed by atoms with van der Waals surface area (Å²) in [6, 6.07) is 19.1. The van der Waals surface area contributed by atoms with Gasteiger partial charge in [0.25, 0.3) is 0 Å². The molecule has 3 N–H and O–H groups in total. The van der Waals surface area contributed by atoms with E-state index in [1.807, 2.05) is 66.9 Å². The SMILES string of the molecule is CC(=O)Nc1ccc(C2(c3ccccn3)C=C(c3sc(N)nc3-c3ccccn3)C=N2)cc1. The summed E-state index contributed by atoms with van der Waals surface area (Å²) in [5.41, 5.74) is 10.1. The summed E-state index contributed by atoms with van der Waals surface area (Å²) in [7, 11) is 0. The van der Waals surface area contributed by atoms with E-state index in [0.29, 0.717) is 5.13 Å². The van der Waals surface area contributed by atoms with Crippen LogP contribution in [0, 0.1) is 0 Å². The number of nitrogens with two attached hydrogens (primary N) is 1. The fourth-order valence-electron chi connectivity index (χ4n) is 3.85. The Kier molecular flexibility index (Phi) is 5.27. The van der Waals surface area contributed by atoms with E-state index in [-0.39, 0.29) is 5.91 Å². The molecule has 4 aromatic rings. The summed E-state index contributed by atoms with van der Waals surface area (Å²) >= 11 is 1.41. The third-order valence-corrected chi connectivity index (χ3v) is 6.22. The summed E-state index contributed by atoms with van der Waals surface area (Å²) in [6.07, 6.45) is 7.42. The van der Waals surface area contributed by atoms with E-state index in [1.165, 1.54) is 18.3 Å². The van der Waals surface area contributed by atoms with E-state index < -0.39 is 5.54 Å². The summed E-state index contributed by atoms with van der Waals surface area (Å²) in [5.74, 6) is -0.118. The molecule has 4 heterocycles. The molecule has 0 saturated carbocycles. The Bertz CT molecular complexity index is 1360. The second kappa shape index (κ2) is 8.40. The van der Waals surface area contributed by atoms with Gasteiger partial charge in [0.2, 0.25) is 5.91 Å². The summed E-state index contributed by atoms with van der Waals surface area (Å²) in [4.78, 5) is 30.9. The highest BCUT2D eigenvalue weighted by Crippen LogP contribution is 2.43. The van der Waals surface area contributed by atoms with Gasteiger partial charge < -0.3 is 11.1 Å². The standard InChI is InChI=1S/C25H20N6OS/c1-16(32)30-19-10-8-18(9-11-19)25(21-7-3-5-13-28-21)14-17(15-29-25)23-22(31-24(26)33-23)20-6-2-4-12-27-20/h2-15H,1H3,(H2,26,31)(H,30,32). The Labute approximate surface area is 194 Å². The van der Waals surface area contributed by atoms with Crippen LogP contribution < -0.4 is 11.1 Å². The Balaban J connectivity index is 1.63. The van der Waals surface area contributed by atoms with Crippen LogP contribution in [0.2, 0.25) is 0 Å². The number of hydrogen-bond acceptors (Lipinski definition) is 7. The van der Waals surface area contributed by atoms with E-state index >= 15 is 0 Å². The van der Waals surface area contributed by atoms with Gasteiger partial charge in [-0.15, -0.1) is 0 Å². The fourth-order valence-corrected chi connectivity index (χ4v) is 4.67. The second-order valence-corrected chi connectivity index (χ2v) is 8.57. The fraction of sp³-hybridized carbons (Fsp3) is 0.0800. The van der Waals surface area contributed by atoms with Crippen molar-refractivity contribution >= 4 is 39.9 Å². The molecule has 1 aliphatic rings. The molecular weight excluding hydrogens is 432 g/mol. The Morgan fingerprint density at radius 1 is 1.00 bits per heavy atom. The summed E-state index contributed by atoms with van der Waals surface area (Å²) in [6.45, 7) is 1.49. The number of aromatic nitrogens is 3. The Hall–Kier alpha value is -4.17. The van der Waals surface area contributed by atoms with Crippen molar-refractivity contribution < 1.29 is 4.79 Å². The van der Waals surface area contributed by atoms with Crippen LogP contribution in [0.15, 0.2) is 84.1 Å². The molecule has 0 radical (unpaired) electrons. The average Bonchev–Trinajstić information content (AvgIpc) is 3.45. The first-order chi connectivity index (χ1) is 16.0. The molecule has 0 aliphatic carbocycles. The maximum atomic E-state index is 11.4. The molecule has 1 aliphatic heterocycles. The lowest BCUT2D eigenvalue weighted by Crippen LogP contribution is -2.22. The topological polar surface area (TPSA) is 106 Å². The highest BCUT2D eigenvalue weighted by molar-refractivity contribution is 7.17. The van der Waals surface area contributed by atoms with E-state index in [2.05, 4.69) is 26.3 Å². The number of pyridine rings is 2. The van der Waals surface area contributed by atoms with Gasteiger partial charge in [0, 0.05) is 36.8 Å². The number of rotatable bonds is 5. The molecule has 0 bridgehead atoms. The van der Waals surface area contributed by atoms with E-state index in [0.717, 1.165) is 38.8 Å². The molecule has 3 aromatic heterocycles. The number of amides is 1. The van der Waals surface area contributed by atoms with Crippen LogP contribution in [-0.2, 0) is 10.3 Å². The van der Waals surface area contributed by atoms with E-state index in [4.69, 9.17) is 10.7 Å². The zero-order valence-electron chi connectivity index (χ0n) is 17.8. The monoisotopic (exact) mass is 452 g/mol. The number of hydrogen-bond donors (Lipinski definition) is 2. The molecule has 33 heavy (non-hydrogen) atoms. The number of carbonyl (C=O) groups excluding carboxylic acids is 1. The number of aliphatic imine (C=N–C) groups is 1. The number of allylic oxidation sites excluding steroid dienone is 1. The molecule has 1 unspecified atom stereocenters. The summed E-state index contributed by atoms with van der Waals surface area (Å²) < 4.78 is 0. The summed E-state index contributed by atoms with van der Waals surface area (Å²) in [5, 5.41) is 3.27. The first-order valence-electron chi connectivity index (χ1n) is 10.3. The van der Waals surface area contributed by atoms with Crippen molar-refractivity contribution in [2.45, 2.75) is 12.5 Å². The number of anilines is 2. The quantitative estimate of drug-likeness (QED) is 0.462. The molecule has 162 valence electrons. The predicted octanol–water partition coefficient (Wildman–Crippen LogP) is 4.55. The van der Waals surface area contributed by atoms with Gasteiger partial charge in [0.1, 0.15) is 11.2 Å². The van der Waals surface area contributed by atoms with Crippen molar-refractivity contribution in [3.8, 4) is 11.4 Å². The number of nitrogens with one attached hydrogen (secondary N) is 1. The maximum absolute atomic E-state index is 11.4. The minimum Gasteiger partial charge on any atom is -0.375 e. The normalized spacial score (nSPS) is 17.1. The smallest absolute Gasteiger partial charge is 0.221 e. The minimum atomic E-state index is -0.814. The van der Waals surface area contributed by atoms with Crippen LogP contribution >= 0.6 is 11.3 Å². The molecular formula is C25H20N6OS. The van der Waals surface area contributed by atoms with Gasteiger partial charge in [0.15, 0.2) is 5.13 Å². The van der Waals surface area contributed by atoms with Gasteiger partial charge in [0.05, 0.1) is 16.3 Å². The third-order valence-electron chi connectivity index (χ3n) is 5.29. The lowest BCUT2D eigenvalue weighted by atomic mass is 9.86. The predicted molar refractivity (Wildman–Crippen MR) is 132 cm³/mol. The van der Waals surface area contributed by atoms with Gasteiger partial charge in [-0.1, -0.05) is 35.6 Å². The van der Waals surface area contributed by atoms with Crippen LogP contribution in [0.1, 0.15) is 23.1 Å². The average molecular weight is 453 g/mol. The molecule has 1 amide bonds.